The fraction of sp³-hybridized carbons (Fsp3) is 0.800. The fourth-order valence-electron chi connectivity index (χ4n) is 0.827. The summed E-state index contributed by atoms with van der Waals surface area (Å²) in [6.45, 7) is 4.49. The summed E-state index contributed by atoms with van der Waals surface area (Å²) in [7, 11) is 0. The van der Waals surface area contributed by atoms with Crippen molar-refractivity contribution >= 4 is 11.9 Å². The molecule has 0 spiro atoms. The van der Waals surface area contributed by atoms with Gasteiger partial charge in [-0.05, 0) is 13.3 Å². The zero-order valence-electron chi connectivity index (χ0n) is 9.93. The van der Waals surface area contributed by atoms with E-state index in [0.717, 1.165) is 0 Å². The van der Waals surface area contributed by atoms with Crippen LogP contribution in [0.25, 0.3) is 0 Å². The van der Waals surface area contributed by atoms with E-state index in [4.69, 9.17) is 4.74 Å². The number of amides is 1. The van der Waals surface area contributed by atoms with Gasteiger partial charge < -0.3 is 10.1 Å². The van der Waals surface area contributed by atoms with E-state index >= 15 is 0 Å². The van der Waals surface area contributed by atoms with Gasteiger partial charge in [0, 0.05) is 6.54 Å². The largest absolute Gasteiger partial charge is 0.471 e. The monoisotopic (exact) mass is 255 g/mol. The molecule has 2 atom stereocenters. The molecule has 0 bridgehead atoms. The van der Waals surface area contributed by atoms with Gasteiger partial charge in [-0.2, -0.15) is 13.2 Å². The first-order chi connectivity index (χ1) is 7.68. The molecular weight excluding hydrogens is 239 g/mol. The van der Waals surface area contributed by atoms with Crippen molar-refractivity contribution in [3.05, 3.63) is 0 Å². The van der Waals surface area contributed by atoms with Crippen molar-refractivity contribution in [2.75, 3.05) is 6.54 Å². The smallest absolute Gasteiger partial charge is 0.462 e. The molecule has 0 saturated heterocycles. The van der Waals surface area contributed by atoms with Gasteiger partial charge in [-0.3, -0.25) is 9.59 Å². The SMILES string of the molecule is CCC(C)OC(=O)C(C)CNC(=O)C(F)(F)F. The third kappa shape index (κ3) is 6.13. The van der Waals surface area contributed by atoms with E-state index in [2.05, 4.69) is 0 Å². The molecule has 0 aromatic carbocycles. The first-order valence-corrected chi connectivity index (χ1v) is 5.24. The van der Waals surface area contributed by atoms with Gasteiger partial charge in [-0.15, -0.1) is 0 Å². The third-order valence-corrected chi connectivity index (χ3v) is 2.12. The van der Waals surface area contributed by atoms with Crippen LogP contribution in [0.4, 0.5) is 13.2 Å². The van der Waals surface area contributed by atoms with E-state index in [1.54, 1.807) is 12.2 Å². The summed E-state index contributed by atoms with van der Waals surface area (Å²) in [5.74, 6) is -3.49. The first-order valence-electron chi connectivity index (χ1n) is 5.24. The molecule has 0 aliphatic rings. The Labute approximate surface area is 97.5 Å². The molecule has 7 heteroatoms. The predicted octanol–water partition coefficient (Wildman–Crippen LogP) is 1.64. The fourth-order valence-corrected chi connectivity index (χ4v) is 0.827. The summed E-state index contributed by atoms with van der Waals surface area (Å²) < 4.78 is 40.4. The quantitative estimate of drug-likeness (QED) is 0.760. The molecule has 1 N–H and O–H groups in total. The lowest BCUT2D eigenvalue weighted by Crippen LogP contribution is -2.40. The van der Waals surface area contributed by atoms with Gasteiger partial charge in [0.05, 0.1) is 12.0 Å². The zero-order chi connectivity index (χ0) is 13.6. The van der Waals surface area contributed by atoms with E-state index in [-0.39, 0.29) is 6.10 Å². The maximum Gasteiger partial charge on any atom is 0.471 e. The van der Waals surface area contributed by atoms with Crippen LogP contribution in [-0.2, 0) is 14.3 Å². The summed E-state index contributed by atoms with van der Waals surface area (Å²) in [6.07, 6.45) is -4.60. The minimum Gasteiger partial charge on any atom is -0.462 e. The molecule has 0 rings (SSSR count). The van der Waals surface area contributed by atoms with E-state index in [1.165, 1.54) is 6.92 Å². The lowest BCUT2D eigenvalue weighted by atomic mass is 10.2. The molecule has 2 unspecified atom stereocenters. The van der Waals surface area contributed by atoms with Crippen molar-refractivity contribution in [3.63, 3.8) is 0 Å². The summed E-state index contributed by atoms with van der Waals surface area (Å²) in [6, 6.07) is 0. The minimum atomic E-state index is -4.93. The summed E-state index contributed by atoms with van der Waals surface area (Å²) in [4.78, 5) is 21.8. The lowest BCUT2D eigenvalue weighted by Gasteiger charge is -2.16. The molecule has 0 aliphatic carbocycles. The molecule has 100 valence electrons. The molecule has 0 radical (unpaired) electrons. The molecular formula is C10H16F3NO3. The number of nitrogens with one attached hydrogen (secondary N) is 1. The van der Waals surface area contributed by atoms with E-state index < -0.39 is 30.5 Å². The Hall–Kier alpha value is -1.27. The molecule has 0 aromatic rings. The Morgan fingerprint density at radius 3 is 2.24 bits per heavy atom. The standard InChI is InChI=1S/C10H16F3NO3/c1-4-7(3)17-8(15)6(2)5-14-9(16)10(11,12)13/h6-7H,4-5H2,1-3H3,(H,14,16). The Morgan fingerprint density at radius 1 is 1.29 bits per heavy atom. The number of carbonyl (C=O) groups excluding carboxylic acids is 2. The van der Waals surface area contributed by atoms with E-state index in [1.807, 2.05) is 6.92 Å². The lowest BCUT2D eigenvalue weighted by molar-refractivity contribution is -0.174. The molecule has 4 nitrogen and oxygen atoms in total. The maximum absolute atomic E-state index is 11.8. The van der Waals surface area contributed by atoms with Crippen LogP contribution in [-0.4, -0.2) is 30.7 Å². The second kappa shape index (κ2) is 6.46. The second-order valence-corrected chi connectivity index (χ2v) is 3.76. The summed E-state index contributed by atoms with van der Waals surface area (Å²) in [5, 5.41) is 1.63. The number of ether oxygens (including phenoxy) is 1. The van der Waals surface area contributed by atoms with Crippen LogP contribution in [0.15, 0.2) is 0 Å². The predicted molar refractivity (Wildman–Crippen MR) is 54.1 cm³/mol. The number of hydrogen-bond donors (Lipinski definition) is 1. The summed E-state index contributed by atoms with van der Waals surface area (Å²) >= 11 is 0. The average Bonchev–Trinajstić information content (AvgIpc) is 2.23. The van der Waals surface area contributed by atoms with Gasteiger partial charge in [0.15, 0.2) is 0 Å². The van der Waals surface area contributed by atoms with Gasteiger partial charge in [0.25, 0.3) is 0 Å². The number of halogens is 3. The molecule has 17 heavy (non-hydrogen) atoms. The van der Waals surface area contributed by atoms with Crippen LogP contribution < -0.4 is 5.32 Å². The van der Waals surface area contributed by atoms with Crippen LogP contribution >= 0.6 is 0 Å². The Kier molecular flexibility index (Phi) is 5.98. The van der Waals surface area contributed by atoms with Crippen LogP contribution in [0.2, 0.25) is 0 Å². The Morgan fingerprint density at radius 2 is 1.82 bits per heavy atom. The van der Waals surface area contributed by atoms with Crippen molar-refractivity contribution in [1.82, 2.24) is 5.32 Å². The van der Waals surface area contributed by atoms with Crippen LogP contribution in [0.3, 0.4) is 0 Å². The number of alkyl halides is 3. The Balaban J connectivity index is 4.06. The highest BCUT2D eigenvalue weighted by atomic mass is 19.4. The number of esters is 1. The van der Waals surface area contributed by atoms with Crippen LogP contribution in [0, 0.1) is 5.92 Å². The highest BCUT2D eigenvalue weighted by Crippen LogP contribution is 2.14. The van der Waals surface area contributed by atoms with Gasteiger partial charge in [0.1, 0.15) is 0 Å². The van der Waals surface area contributed by atoms with E-state index in [9.17, 15) is 22.8 Å². The zero-order valence-corrected chi connectivity index (χ0v) is 9.93. The van der Waals surface area contributed by atoms with Gasteiger partial charge in [-0.25, -0.2) is 0 Å². The summed E-state index contributed by atoms with van der Waals surface area (Å²) in [5.41, 5.74) is 0. The van der Waals surface area contributed by atoms with E-state index in [0.29, 0.717) is 6.42 Å². The van der Waals surface area contributed by atoms with Crippen molar-refractivity contribution in [3.8, 4) is 0 Å². The first kappa shape index (κ1) is 15.7. The number of hydrogen-bond acceptors (Lipinski definition) is 3. The third-order valence-electron chi connectivity index (χ3n) is 2.12. The van der Waals surface area contributed by atoms with Crippen LogP contribution in [0.5, 0.6) is 0 Å². The minimum absolute atomic E-state index is 0.289. The number of rotatable bonds is 5. The highest BCUT2D eigenvalue weighted by Gasteiger charge is 2.38. The van der Waals surface area contributed by atoms with Gasteiger partial charge in [0.2, 0.25) is 0 Å². The molecule has 0 aliphatic heterocycles. The normalized spacial score (nSPS) is 14.9. The molecule has 0 aromatic heterocycles. The van der Waals surface area contributed by atoms with Crippen molar-refractivity contribution < 1.29 is 27.5 Å². The number of carbonyl (C=O) groups is 2. The Bertz CT molecular complexity index is 278. The van der Waals surface area contributed by atoms with Crippen molar-refractivity contribution in [1.29, 1.82) is 0 Å². The molecule has 0 saturated carbocycles. The van der Waals surface area contributed by atoms with Gasteiger partial charge >= 0.3 is 18.1 Å². The molecule has 0 heterocycles. The van der Waals surface area contributed by atoms with Crippen molar-refractivity contribution in [2.24, 2.45) is 5.92 Å². The van der Waals surface area contributed by atoms with Crippen molar-refractivity contribution in [2.45, 2.75) is 39.5 Å². The molecule has 1 amide bonds. The topological polar surface area (TPSA) is 55.4 Å². The maximum atomic E-state index is 11.8. The average molecular weight is 255 g/mol. The van der Waals surface area contributed by atoms with Crippen LogP contribution in [0.1, 0.15) is 27.2 Å². The molecule has 0 fully saturated rings. The second-order valence-electron chi connectivity index (χ2n) is 3.76. The highest BCUT2D eigenvalue weighted by molar-refractivity contribution is 5.82. The van der Waals surface area contributed by atoms with Gasteiger partial charge in [-0.1, -0.05) is 13.8 Å².